The third-order valence-electron chi connectivity index (χ3n) is 6.30. The monoisotopic (exact) mass is 574 g/mol. The fourth-order valence-electron chi connectivity index (χ4n) is 4.22. The zero-order chi connectivity index (χ0) is 30.7. The summed E-state index contributed by atoms with van der Waals surface area (Å²) in [6.45, 7) is 9.70. The summed E-state index contributed by atoms with van der Waals surface area (Å²) in [4.78, 5) is 39.7. The maximum absolute atomic E-state index is 13.5. The molecule has 0 saturated heterocycles. The van der Waals surface area contributed by atoms with Gasteiger partial charge in [0.05, 0.1) is 7.11 Å². The number of hydrogen-bond acceptors (Lipinski definition) is 6. The Bertz CT molecular complexity index is 1300. The number of methoxy groups -OCH3 is 1. The summed E-state index contributed by atoms with van der Waals surface area (Å²) in [6.07, 6.45) is 0.600. The second-order valence-corrected chi connectivity index (χ2v) is 11.6. The predicted molar refractivity (Wildman–Crippen MR) is 162 cm³/mol. The molecule has 8 heteroatoms. The molecule has 2 atom stereocenters. The minimum Gasteiger partial charge on any atom is -0.497 e. The highest BCUT2D eigenvalue weighted by molar-refractivity contribution is 5.98. The van der Waals surface area contributed by atoms with Crippen LogP contribution in [0.1, 0.15) is 62.5 Å². The molecule has 0 bridgehead atoms. The van der Waals surface area contributed by atoms with E-state index in [0.717, 1.165) is 11.1 Å². The standard InChI is InChI=1S/C34H42N2O6/c1-23(2)20-29(35-31(37)26-14-18-27(40-6)19-15-26)32(38)36-30(33(39)42-34(3,4)5)21-24-12-16-28(17-13-24)41-22-25-10-8-7-9-11-25/h7-19,23,29-30H,20-22H2,1-6H3,(H,35,37)(H,36,38)/t29-,30-/m0/s1. The molecule has 0 fully saturated rings. The number of esters is 1. The molecule has 2 N–H and O–H groups in total. The molecule has 0 aliphatic carbocycles. The number of nitrogens with one attached hydrogen (secondary N) is 2. The van der Waals surface area contributed by atoms with Crippen LogP contribution in [0.2, 0.25) is 0 Å². The molecular weight excluding hydrogens is 532 g/mol. The molecule has 0 aromatic heterocycles. The van der Waals surface area contributed by atoms with Crippen LogP contribution in [-0.4, -0.2) is 42.6 Å². The zero-order valence-electron chi connectivity index (χ0n) is 25.3. The Kier molecular flexibility index (Phi) is 11.5. The van der Waals surface area contributed by atoms with E-state index < -0.39 is 35.5 Å². The number of carbonyl (C=O) groups is 3. The van der Waals surface area contributed by atoms with Gasteiger partial charge in [0.2, 0.25) is 5.91 Å². The molecule has 0 unspecified atom stereocenters. The summed E-state index contributed by atoms with van der Waals surface area (Å²) in [5.41, 5.74) is 1.54. The SMILES string of the molecule is COc1ccc(C(=O)N[C@@H](CC(C)C)C(=O)N[C@@H](Cc2ccc(OCc3ccccc3)cc2)C(=O)OC(C)(C)C)cc1. The summed E-state index contributed by atoms with van der Waals surface area (Å²) in [5, 5.41) is 5.68. The van der Waals surface area contributed by atoms with Crippen molar-refractivity contribution in [3.05, 3.63) is 95.6 Å². The molecule has 0 aliphatic rings. The van der Waals surface area contributed by atoms with Crippen LogP contribution < -0.4 is 20.1 Å². The van der Waals surface area contributed by atoms with E-state index >= 15 is 0 Å². The number of hydrogen-bond donors (Lipinski definition) is 2. The number of carbonyl (C=O) groups excluding carboxylic acids is 3. The second kappa shape index (κ2) is 15.1. The number of amides is 2. The normalized spacial score (nSPS) is 12.6. The molecule has 0 heterocycles. The first-order valence-electron chi connectivity index (χ1n) is 14.2. The largest absolute Gasteiger partial charge is 0.497 e. The van der Waals surface area contributed by atoms with E-state index in [1.54, 1.807) is 52.1 Å². The maximum Gasteiger partial charge on any atom is 0.329 e. The van der Waals surface area contributed by atoms with E-state index in [4.69, 9.17) is 14.2 Å². The van der Waals surface area contributed by atoms with E-state index in [2.05, 4.69) is 10.6 Å². The molecule has 8 nitrogen and oxygen atoms in total. The van der Waals surface area contributed by atoms with E-state index in [-0.39, 0.29) is 12.3 Å². The number of rotatable bonds is 13. The van der Waals surface area contributed by atoms with Gasteiger partial charge in [-0.2, -0.15) is 0 Å². The average molecular weight is 575 g/mol. The van der Waals surface area contributed by atoms with Gasteiger partial charge in [-0.3, -0.25) is 9.59 Å². The van der Waals surface area contributed by atoms with Crippen LogP contribution in [0.4, 0.5) is 0 Å². The highest BCUT2D eigenvalue weighted by Crippen LogP contribution is 2.18. The third-order valence-corrected chi connectivity index (χ3v) is 6.30. The molecule has 2 amide bonds. The average Bonchev–Trinajstić information content (AvgIpc) is 2.95. The van der Waals surface area contributed by atoms with Gasteiger partial charge in [0.25, 0.3) is 5.91 Å². The van der Waals surface area contributed by atoms with Gasteiger partial charge in [0.15, 0.2) is 0 Å². The third kappa shape index (κ3) is 10.6. The molecule has 0 aliphatic heterocycles. The lowest BCUT2D eigenvalue weighted by Crippen LogP contribution is -2.53. The number of ether oxygens (including phenoxy) is 3. The Morgan fingerprint density at radius 1 is 0.762 bits per heavy atom. The summed E-state index contributed by atoms with van der Waals surface area (Å²) < 4.78 is 16.7. The Balaban J connectivity index is 1.73. The van der Waals surface area contributed by atoms with E-state index in [0.29, 0.717) is 30.1 Å². The van der Waals surface area contributed by atoms with Gasteiger partial charge in [-0.1, -0.05) is 56.3 Å². The zero-order valence-corrected chi connectivity index (χ0v) is 25.3. The molecule has 3 rings (SSSR count). The van der Waals surface area contributed by atoms with Crippen molar-refractivity contribution < 1.29 is 28.6 Å². The van der Waals surface area contributed by atoms with Gasteiger partial charge in [-0.25, -0.2) is 4.79 Å². The van der Waals surface area contributed by atoms with Crippen LogP contribution in [-0.2, 0) is 27.4 Å². The maximum atomic E-state index is 13.5. The summed E-state index contributed by atoms with van der Waals surface area (Å²) >= 11 is 0. The fourth-order valence-corrected chi connectivity index (χ4v) is 4.22. The smallest absolute Gasteiger partial charge is 0.329 e. The van der Waals surface area contributed by atoms with Crippen molar-refractivity contribution in [1.29, 1.82) is 0 Å². The van der Waals surface area contributed by atoms with Crippen molar-refractivity contribution in [1.82, 2.24) is 10.6 Å². The van der Waals surface area contributed by atoms with E-state index in [1.165, 1.54) is 0 Å². The minimum atomic E-state index is -0.958. The molecule has 42 heavy (non-hydrogen) atoms. The number of benzene rings is 3. The van der Waals surface area contributed by atoms with Crippen molar-refractivity contribution >= 4 is 17.8 Å². The van der Waals surface area contributed by atoms with Gasteiger partial charge in [0, 0.05) is 12.0 Å². The Morgan fingerprint density at radius 3 is 1.95 bits per heavy atom. The van der Waals surface area contributed by atoms with Crippen LogP contribution in [0.3, 0.4) is 0 Å². The van der Waals surface area contributed by atoms with Crippen molar-refractivity contribution in [3.8, 4) is 11.5 Å². The lowest BCUT2D eigenvalue weighted by Gasteiger charge is -2.27. The lowest BCUT2D eigenvalue weighted by atomic mass is 10.0. The van der Waals surface area contributed by atoms with Crippen LogP contribution >= 0.6 is 0 Å². The highest BCUT2D eigenvalue weighted by Gasteiger charge is 2.31. The van der Waals surface area contributed by atoms with Crippen molar-refractivity contribution in [2.45, 2.75) is 71.8 Å². The van der Waals surface area contributed by atoms with Gasteiger partial charge >= 0.3 is 5.97 Å². The van der Waals surface area contributed by atoms with Crippen molar-refractivity contribution in [2.24, 2.45) is 5.92 Å². The lowest BCUT2D eigenvalue weighted by molar-refractivity contribution is -0.158. The van der Waals surface area contributed by atoms with Gasteiger partial charge in [-0.05, 0) is 80.6 Å². The van der Waals surface area contributed by atoms with E-state index in [1.807, 2.05) is 68.4 Å². The summed E-state index contributed by atoms with van der Waals surface area (Å²) in [5.74, 6) is 0.0330. The molecule has 0 saturated carbocycles. The highest BCUT2D eigenvalue weighted by atomic mass is 16.6. The molecular formula is C34H42N2O6. The molecule has 224 valence electrons. The van der Waals surface area contributed by atoms with Gasteiger partial charge in [0.1, 0.15) is 35.8 Å². The molecule has 0 radical (unpaired) electrons. The second-order valence-electron chi connectivity index (χ2n) is 11.6. The van der Waals surface area contributed by atoms with Crippen LogP contribution in [0.25, 0.3) is 0 Å². The molecule has 3 aromatic rings. The Hall–Kier alpha value is -4.33. The van der Waals surface area contributed by atoms with Crippen molar-refractivity contribution in [2.75, 3.05) is 7.11 Å². The minimum absolute atomic E-state index is 0.111. The predicted octanol–water partition coefficient (Wildman–Crippen LogP) is 5.49. The Morgan fingerprint density at radius 2 is 1.38 bits per heavy atom. The van der Waals surface area contributed by atoms with Crippen molar-refractivity contribution in [3.63, 3.8) is 0 Å². The van der Waals surface area contributed by atoms with Gasteiger partial charge < -0.3 is 24.8 Å². The molecule has 3 aromatic carbocycles. The van der Waals surface area contributed by atoms with Crippen LogP contribution in [0.5, 0.6) is 11.5 Å². The first-order valence-corrected chi connectivity index (χ1v) is 14.2. The van der Waals surface area contributed by atoms with Crippen LogP contribution in [0.15, 0.2) is 78.9 Å². The quantitative estimate of drug-likeness (QED) is 0.262. The fraction of sp³-hybridized carbons (Fsp3) is 0.382. The van der Waals surface area contributed by atoms with Gasteiger partial charge in [-0.15, -0.1) is 0 Å². The first-order chi connectivity index (χ1) is 19.9. The summed E-state index contributed by atoms with van der Waals surface area (Å²) in [7, 11) is 1.55. The topological polar surface area (TPSA) is 103 Å². The molecule has 0 spiro atoms. The van der Waals surface area contributed by atoms with Crippen LogP contribution in [0, 0.1) is 5.92 Å². The summed E-state index contributed by atoms with van der Waals surface area (Å²) in [6, 6.07) is 22.1. The van der Waals surface area contributed by atoms with E-state index in [9.17, 15) is 14.4 Å². The first kappa shape index (κ1) is 32.2. The Labute approximate surface area is 248 Å².